The second-order valence-electron chi connectivity index (χ2n) is 2.34. The monoisotopic (exact) mass is 200 g/mol. The van der Waals surface area contributed by atoms with E-state index in [9.17, 15) is 0 Å². The van der Waals surface area contributed by atoms with Crippen LogP contribution >= 0.6 is 24.8 Å². The van der Waals surface area contributed by atoms with Crippen molar-refractivity contribution in [2.75, 3.05) is 0 Å². The predicted octanol–water partition coefficient (Wildman–Crippen LogP) is 2.74. The Kier molecular flexibility index (Phi) is 19.9. The summed E-state index contributed by atoms with van der Waals surface area (Å²) < 4.78 is 0. The maximum Gasteiger partial charge on any atom is 0.0905 e. The van der Waals surface area contributed by atoms with Gasteiger partial charge in [-0.05, 0) is 6.42 Å². The molecule has 0 saturated carbocycles. The van der Waals surface area contributed by atoms with Gasteiger partial charge in [0.15, 0.2) is 0 Å². The van der Waals surface area contributed by atoms with Gasteiger partial charge in [0.25, 0.3) is 0 Å². The second-order valence-corrected chi connectivity index (χ2v) is 2.34. The van der Waals surface area contributed by atoms with Crippen LogP contribution in [0.3, 0.4) is 0 Å². The zero-order valence-electron chi connectivity index (χ0n) is 6.93. The number of unbranched alkanes of at least 4 members (excludes halogenated alkanes) is 3. The van der Waals surface area contributed by atoms with Gasteiger partial charge in [-0.3, -0.25) is 5.41 Å². The third kappa shape index (κ3) is 17.8. The highest BCUT2D eigenvalue weighted by Crippen LogP contribution is 2.00. The van der Waals surface area contributed by atoms with Gasteiger partial charge >= 0.3 is 0 Å². The Morgan fingerprint density at radius 1 is 1.18 bits per heavy atom. The lowest BCUT2D eigenvalue weighted by Gasteiger charge is -1.95. The third-order valence-corrected chi connectivity index (χ3v) is 1.30. The van der Waals surface area contributed by atoms with Crippen LogP contribution in [0, 0.1) is 5.41 Å². The molecule has 0 aliphatic heterocycles. The molecule has 0 radical (unpaired) electrons. The zero-order valence-corrected chi connectivity index (χ0v) is 8.56. The van der Waals surface area contributed by atoms with Gasteiger partial charge in [0.1, 0.15) is 0 Å². The summed E-state index contributed by atoms with van der Waals surface area (Å²) >= 11 is 0. The van der Waals surface area contributed by atoms with Crippen LogP contribution in [0.25, 0.3) is 0 Å². The van der Waals surface area contributed by atoms with E-state index in [4.69, 9.17) is 11.1 Å². The van der Waals surface area contributed by atoms with E-state index in [0.717, 1.165) is 12.8 Å². The van der Waals surface area contributed by atoms with E-state index in [1.165, 1.54) is 19.3 Å². The molecule has 2 nitrogen and oxygen atoms in total. The molecule has 0 amide bonds. The van der Waals surface area contributed by atoms with Crippen LogP contribution < -0.4 is 5.73 Å². The Morgan fingerprint density at radius 3 is 2.09 bits per heavy atom. The molecule has 0 saturated heterocycles. The van der Waals surface area contributed by atoms with Gasteiger partial charge in [-0.2, -0.15) is 0 Å². The van der Waals surface area contributed by atoms with Crippen molar-refractivity contribution in [1.29, 1.82) is 5.41 Å². The van der Waals surface area contributed by atoms with Crippen LogP contribution in [-0.4, -0.2) is 5.84 Å². The topological polar surface area (TPSA) is 49.9 Å². The fourth-order valence-electron chi connectivity index (χ4n) is 0.742. The summed E-state index contributed by atoms with van der Waals surface area (Å²) in [6.07, 6.45) is 5.60. The van der Waals surface area contributed by atoms with Crippen molar-refractivity contribution in [3.63, 3.8) is 0 Å². The number of hydrogen-bond acceptors (Lipinski definition) is 1. The van der Waals surface area contributed by atoms with Gasteiger partial charge in [-0.1, -0.05) is 26.2 Å². The van der Waals surface area contributed by atoms with E-state index in [0.29, 0.717) is 5.84 Å². The summed E-state index contributed by atoms with van der Waals surface area (Å²) in [6.45, 7) is 2.17. The van der Waals surface area contributed by atoms with E-state index in [2.05, 4.69) is 6.92 Å². The van der Waals surface area contributed by atoms with Gasteiger partial charge in [0, 0.05) is 6.42 Å². The minimum absolute atomic E-state index is 0. The minimum atomic E-state index is 0. The van der Waals surface area contributed by atoms with E-state index in [-0.39, 0.29) is 24.8 Å². The molecule has 70 valence electrons. The molecular formula is C7H18Cl2N2. The van der Waals surface area contributed by atoms with Crippen molar-refractivity contribution < 1.29 is 0 Å². The molecule has 0 aromatic rings. The maximum absolute atomic E-state index is 6.91. The maximum atomic E-state index is 6.91. The van der Waals surface area contributed by atoms with E-state index < -0.39 is 0 Å². The number of rotatable bonds is 5. The molecule has 3 N–H and O–H groups in total. The van der Waals surface area contributed by atoms with Gasteiger partial charge in [0.05, 0.1) is 5.84 Å². The highest BCUT2D eigenvalue weighted by molar-refractivity contribution is 5.85. The molecule has 4 heteroatoms. The fourth-order valence-corrected chi connectivity index (χ4v) is 0.742. The molecule has 0 bridgehead atoms. The van der Waals surface area contributed by atoms with E-state index in [1.807, 2.05) is 0 Å². The van der Waals surface area contributed by atoms with E-state index in [1.54, 1.807) is 0 Å². The van der Waals surface area contributed by atoms with Crippen molar-refractivity contribution in [1.82, 2.24) is 0 Å². The second kappa shape index (κ2) is 12.7. The highest BCUT2D eigenvalue weighted by Gasteiger charge is 1.88. The van der Waals surface area contributed by atoms with Crippen LogP contribution in [0.15, 0.2) is 0 Å². The molecule has 0 atom stereocenters. The van der Waals surface area contributed by atoms with Crippen molar-refractivity contribution >= 4 is 30.6 Å². The van der Waals surface area contributed by atoms with Crippen LogP contribution in [-0.2, 0) is 0 Å². The molecule has 0 aromatic carbocycles. The van der Waals surface area contributed by atoms with Gasteiger partial charge in [-0.25, -0.2) is 0 Å². The predicted molar refractivity (Wildman–Crippen MR) is 55.2 cm³/mol. The average molecular weight is 201 g/mol. The van der Waals surface area contributed by atoms with Crippen LogP contribution in [0.1, 0.15) is 39.0 Å². The molecule has 0 unspecified atom stereocenters. The van der Waals surface area contributed by atoms with Crippen molar-refractivity contribution in [2.45, 2.75) is 39.0 Å². The fraction of sp³-hybridized carbons (Fsp3) is 0.857. The van der Waals surface area contributed by atoms with Gasteiger partial charge in [0.2, 0.25) is 0 Å². The smallest absolute Gasteiger partial charge is 0.0905 e. The Bertz CT molecular complexity index is 86.5. The third-order valence-electron chi connectivity index (χ3n) is 1.30. The summed E-state index contributed by atoms with van der Waals surface area (Å²) in [7, 11) is 0. The summed E-state index contributed by atoms with van der Waals surface area (Å²) in [5.41, 5.74) is 5.16. The number of nitrogens with one attached hydrogen (secondary N) is 1. The summed E-state index contributed by atoms with van der Waals surface area (Å²) in [5.74, 6) is 0.325. The minimum Gasteiger partial charge on any atom is -0.388 e. The lowest BCUT2D eigenvalue weighted by molar-refractivity contribution is 0.681. The normalized spacial score (nSPS) is 7.73. The first kappa shape index (κ1) is 17.2. The highest BCUT2D eigenvalue weighted by atomic mass is 35.5. The summed E-state index contributed by atoms with van der Waals surface area (Å²) in [4.78, 5) is 0. The average Bonchev–Trinajstić information content (AvgIpc) is 1.80. The summed E-state index contributed by atoms with van der Waals surface area (Å²) in [5, 5.41) is 6.91. The largest absolute Gasteiger partial charge is 0.388 e. The number of halogens is 2. The standard InChI is InChI=1S/C7H16N2.2ClH/c1-2-3-4-5-6-7(8)9;;/h2-6H2,1H3,(H3,8,9);2*1H. The lowest BCUT2D eigenvalue weighted by Crippen LogP contribution is -2.08. The number of hydrogen-bond donors (Lipinski definition) is 2. The Hall–Kier alpha value is 0.0500. The van der Waals surface area contributed by atoms with E-state index >= 15 is 0 Å². The molecule has 0 aliphatic carbocycles. The molecule has 0 fully saturated rings. The lowest BCUT2D eigenvalue weighted by atomic mass is 10.1. The first-order valence-electron chi connectivity index (χ1n) is 3.60. The SMILES string of the molecule is CCCCCCC(=N)N.Cl.Cl. The van der Waals surface area contributed by atoms with Gasteiger partial charge in [-0.15, -0.1) is 24.8 Å². The molecule has 0 rings (SSSR count). The number of nitrogens with two attached hydrogens (primary N) is 1. The Labute approximate surface area is 81.3 Å². The quantitative estimate of drug-likeness (QED) is 0.401. The molecular weight excluding hydrogens is 183 g/mol. The number of amidine groups is 1. The first-order valence-corrected chi connectivity index (χ1v) is 3.60. The van der Waals surface area contributed by atoms with Crippen molar-refractivity contribution in [3.05, 3.63) is 0 Å². The zero-order chi connectivity index (χ0) is 7.11. The summed E-state index contributed by atoms with van der Waals surface area (Å²) in [6, 6.07) is 0. The van der Waals surface area contributed by atoms with Crippen LogP contribution in [0.5, 0.6) is 0 Å². The van der Waals surface area contributed by atoms with Gasteiger partial charge < -0.3 is 5.73 Å². The molecule has 0 spiro atoms. The van der Waals surface area contributed by atoms with Crippen LogP contribution in [0.4, 0.5) is 0 Å². The van der Waals surface area contributed by atoms with Crippen LogP contribution in [0.2, 0.25) is 0 Å². The van der Waals surface area contributed by atoms with Crippen molar-refractivity contribution in [2.24, 2.45) is 5.73 Å². The molecule has 11 heavy (non-hydrogen) atoms. The Balaban J connectivity index is -0.000000320. The molecule has 0 heterocycles. The Morgan fingerprint density at radius 2 is 1.73 bits per heavy atom. The molecule has 0 aliphatic rings. The molecule has 0 aromatic heterocycles. The first-order chi connectivity index (χ1) is 4.27. The van der Waals surface area contributed by atoms with Crippen molar-refractivity contribution in [3.8, 4) is 0 Å².